The van der Waals surface area contributed by atoms with Crippen LogP contribution >= 0.6 is 0 Å². The van der Waals surface area contributed by atoms with Gasteiger partial charge in [0.2, 0.25) is 11.8 Å². The topological polar surface area (TPSA) is 70.7 Å². The van der Waals surface area contributed by atoms with Crippen molar-refractivity contribution < 1.29 is 27.5 Å². The Morgan fingerprint density at radius 3 is 2.27 bits per heavy atom. The summed E-state index contributed by atoms with van der Waals surface area (Å²) in [5.74, 6) is -0.247. The quantitative estimate of drug-likeness (QED) is 0.576. The van der Waals surface area contributed by atoms with Gasteiger partial charge in [0.1, 0.15) is 12.4 Å². The smallest absolute Gasteiger partial charge is 0.418 e. The number of carbonyl (C=O) groups excluding carboxylic acids is 2. The third-order valence-electron chi connectivity index (χ3n) is 4.12. The maximum atomic E-state index is 13.0. The number of likely N-dealkylation sites (N-methyl/N-ethyl adjacent to an activating group) is 1. The Morgan fingerprint density at radius 2 is 1.60 bits per heavy atom. The number of rotatable bonds is 10. The minimum atomic E-state index is -4.57. The molecule has 0 heterocycles. The van der Waals surface area contributed by atoms with Gasteiger partial charge in [0.25, 0.3) is 0 Å². The molecule has 6 nitrogen and oxygen atoms in total. The van der Waals surface area contributed by atoms with E-state index in [4.69, 9.17) is 4.74 Å². The van der Waals surface area contributed by atoms with Gasteiger partial charge in [-0.1, -0.05) is 37.3 Å². The lowest BCUT2D eigenvalue weighted by molar-refractivity contribution is -0.137. The highest BCUT2D eigenvalue weighted by Gasteiger charge is 2.33. The molecule has 2 aromatic carbocycles. The van der Waals surface area contributed by atoms with Crippen molar-refractivity contribution in [2.75, 3.05) is 38.1 Å². The highest BCUT2D eigenvalue weighted by molar-refractivity contribution is 5.93. The van der Waals surface area contributed by atoms with Crippen LogP contribution in [0.4, 0.5) is 18.9 Å². The van der Waals surface area contributed by atoms with Gasteiger partial charge in [-0.15, -0.1) is 0 Å². The van der Waals surface area contributed by atoms with E-state index in [2.05, 4.69) is 10.6 Å². The number of carbonyl (C=O) groups is 2. The maximum absolute atomic E-state index is 13.0. The molecule has 0 saturated heterocycles. The van der Waals surface area contributed by atoms with Gasteiger partial charge >= 0.3 is 6.18 Å². The van der Waals surface area contributed by atoms with Crippen molar-refractivity contribution >= 4 is 17.5 Å². The molecular formula is C21H24F3N3O3. The number of ether oxygens (including phenoxy) is 1. The molecule has 30 heavy (non-hydrogen) atoms. The molecule has 0 aromatic heterocycles. The summed E-state index contributed by atoms with van der Waals surface area (Å²) < 4.78 is 44.6. The summed E-state index contributed by atoms with van der Waals surface area (Å²) in [6.45, 7) is 2.44. The summed E-state index contributed by atoms with van der Waals surface area (Å²) in [6.07, 6.45) is -4.57. The summed E-state index contributed by atoms with van der Waals surface area (Å²) >= 11 is 0. The minimum absolute atomic E-state index is 0.0594. The average Bonchev–Trinajstić information content (AvgIpc) is 2.71. The van der Waals surface area contributed by atoms with Crippen molar-refractivity contribution in [2.45, 2.75) is 13.1 Å². The molecule has 0 aliphatic rings. The molecule has 0 fully saturated rings. The average molecular weight is 423 g/mol. The van der Waals surface area contributed by atoms with E-state index in [1.54, 1.807) is 19.1 Å². The van der Waals surface area contributed by atoms with E-state index in [9.17, 15) is 22.8 Å². The number of halogens is 3. The van der Waals surface area contributed by atoms with Crippen molar-refractivity contribution in [3.63, 3.8) is 0 Å². The van der Waals surface area contributed by atoms with Gasteiger partial charge in [-0.2, -0.15) is 13.2 Å². The molecular weight excluding hydrogens is 399 g/mol. The van der Waals surface area contributed by atoms with Crippen molar-refractivity contribution in [1.82, 2.24) is 10.2 Å². The van der Waals surface area contributed by atoms with Crippen LogP contribution in [0.5, 0.6) is 5.75 Å². The Labute approximate surface area is 173 Å². The molecule has 0 saturated carbocycles. The van der Waals surface area contributed by atoms with Gasteiger partial charge in [-0.3, -0.25) is 14.5 Å². The molecule has 2 amide bonds. The fraction of sp³-hybridized carbons (Fsp3) is 0.333. The van der Waals surface area contributed by atoms with E-state index in [1.165, 1.54) is 23.1 Å². The third kappa shape index (κ3) is 7.75. The van der Waals surface area contributed by atoms with Crippen LogP contribution in [0.2, 0.25) is 0 Å². The van der Waals surface area contributed by atoms with Crippen LogP contribution in [-0.4, -0.2) is 49.5 Å². The number of nitrogens with one attached hydrogen (secondary N) is 2. The van der Waals surface area contributed by atoms with Gasteiger partial charge in [0, 0.05) is 0 Å². The maximum Gasteiger partial charge on any atom is 0.418 e. The molecule has 2 N–H and O–H groups in total. The van der Waals surface area contributed by atoms with Crippen LogP contribution in [0.3, 0.4) is 0 Å². The van der Waals surface area contributed by atoms with Crippen LogP contribution in [0.25, 0.3) is 0 Å². The predicted molar refractivity (Wildman–Crippen MR) is 107 cm³/mol. The third-order valence-corrected chi connectivity index (χ3v) is 4.12. The van der Waals surface area contributed by atoms with E-state index in [1.807, 2.05) is 18.2 Å². The van der Waals surface area contributed by atoms with Crippen molar-refractivity contribution in [3.05, 3.63) is 60.2 Å². The molecule has 0 unspecified atom stereocenters. The van der Waals surface area contributed by atoms with Gasteiger partial charge < -0.3 is 15.4 Å². The van der Waals surface area contributed by atoms with Crippen molar-refractivity contribution in [2.24, 2.45) is 0 Å². The highest BCUT2D eigenvalue weighted by Crippen LogP contribution is 2.34. The van der Waals surface area contributed by atoms with Gasteiger partial charge in [-0.25, -0.2) is 0 Å². The normalized spacial score (nSPS) is 11.2. The Hall–Kier alpha value is -3.07. The lowest BCUT2D eigenvalue weighted by Gasteiger charge is -2.20. The monoisotopic (exact) mass is 423 g/mol. The van der Waals surface area contributed by atoms with Crippen LogP contribution in [-0.2, 0) is 15.8 Å². The molecule has 0 aliphatic heterocycles. The molecule has 2 rings (SSSR count). The number of hydrogen-bond acceptors (Lipinski definition) is 4. The largest absolute Gasteiger partial charge is 0.492 e. The molecule has 0 radical (unpaired) electrons. The van der Waals surface area contributed by atoms with Crippen molar-refractivity contribution in [3.8, 4) is 5.75 Å². The zero-order valence-corrected chi connectivity index (χ0v) is 16.5. The zero-order valence-electron chi connectivity index (χ0n) is 16.5. The lowest BCUT2D eigenvalue weighted by atomic mass is 10.1. The zero-order chi connectivity index (χ0) is 22.0. The molecule has 0 bridgehead atoms. The van der Waals surface area contributed by atoms with E-state index in [-0.39, 0.29) is 37.8 Å². The number of hydrogen-bond donors (Lipinski definition) is 2. The number of nitrogens with zero attached hydrogens (tertiary/aromatic N) is 1. The first-order chi connectivity index (χ1) is 14.3. The van der Waals surface area contributed by atoms with Crippen LogP contribution in [0.1, 0.15) is 12.5 Å². The van der Waals surface area contributed by atoms with Crippen LogP contribution < -0.4 is 15.4 Å². The van der Waals surface area contributed by atoms with Crippen molar-refractivity contribution in [1.29, 1.82) is 0 Å². The lowest BCUT2D eigenvalue weighted by Crippen LogP contribution is -2.42. The second-order valence-corrected chi connectivity index (χ2v) is 6.41. The minimum Gasteiger partial charge on any atom is -0.492 e. The second kappa shape index (κ2) is 11.2. The predicted octanol–water partition coefficient (Wildman–Crippen LogP) is 3.16. The molecule has 9 heteroatoms. The molecule has 162 valence electrons. The fourth-order valence-corrected chi connectivity index (χ4v) is 2.65. The first-order valence-corrected chi connectivity index (χ1v) is 9.42. The highest BCUT2D eigenvalue weighted by atomic mass is 19.4. The molecule has 2 aromatic rings. The first-order valence-electron chi connectivity index (χ1n) is 9.42. The summed E-state index contributed by atoms with van der Waals surface area (Å²) in [7, 11) is 0. The van der Waals surface area contributed by atoms with Gasteiger partial charge in [0.15, 0.2) is 0 Å². The summed E-state index contributed by atoms with van der Waals surface area (Å²) in [6, 6.07) is 13.9. The van der Waals surface area contributed by atoms with Gasteiger partial charge in [0.05, 0.1) is 30.9 Å². The van der Waals surface area contributed by atoms with E-state index < -0.39 is 17.6 Å². The molecule has 0 spiro atoms. The Bertz CT molecular complexity index is 829. The molecule has 0 atom stereocenters. The number of amides is 2. The summed E-state index contributed by atoms with van der Waals surface area (Å²) in [5, 5.41) is 4.96. The Balaban J connectivity index is 1.78. The first kappa shape index (κ1) is 23.2. The van der Waals surface area contributed by atoms with E-state index in [0.717, 1.165) is 6.07 Å². The molecule has 0 aliphatic carbocycles. The number of anilines is 1. The van der Waals surface area contributed by atoms with Crippen LogP contribution in [0, 0.1) is 0 Å². The Kier molecular flexibility index (Phi) is 8.67. The fourth-order valence-electron chi connectivity index (χ4n) is 2.65. The number of para-hydroxylation sites is 2. The summed E-state index contributed by atoms with van der Waals surface area (Å²) in [4.78, 5) is 25.8. The summed E-state index contributed by atoms with van der Waals surface area (Å²) in [5.41, 5.74) is -1.23. The van der Waals surface area contributed by atoms with E-state index >= 15 is 0 Å². The standard InChI is InChI=1S/C21H24F3N3O3/c1-2-27(14-19(28)25-12-13-30-16-8-4-3-5-9-16)15-20(29)26-18-11-7-6-10-17(18)21(22,23)24/h3-11H,2,12-15H2,1H3,(H,25,28)(H,26,29). The van der Waals surface area contributed by atoms with Gasteiger partial charge in [-0.05, 0) is 30.8 Å². The second-order valence-electron chi connectivity index (χ2n) is 6.41. The SMILES string of the molecule is CCN(CC(=O)NCCOc1ccccc1)CC(=O)Nc1ccccc1C(F)(F)F. The van der Waals surface area contributed by atoms with Crippen LogP contribution in [0.15, 0.2) is 54.6 Å². The Morgan fingerprint density at radius 1 is 0.967 bits per heavy atom. The number of alkyl halides is 3. The van der Waals surface area contributed by atoms with E-state index in [0.29, 0.717) is 12.3 Å². The number of benzene rings is 2.